The van der Waals surface area contributed by atoms with Crippen molar-refractivity contribution in [3.63, 3.8) is 0 Å². The fourth-order valence-corrected chi connectivity index (χ4v) is 2.61. The molecule has 0 aliphatic carbocycles. The minimum absolute atomic E-state index is 0.0780. The normalized spacial score (nSPS) is 10.2. The van der Waals surface area contributed by atoms with Crippen LogP contribution >= 0.6 is 0 Å². The highest BCUT2D eigenvalue weighted by molar-refractivity contribution is 6.07. The lowest BCUT2D eigenvalue weighted by atomic mass is 10.1. The molecule has 0 saturated heterocycles. The van der Waals surface area contributed by atoms with Crippen molar-refractivity contribution >= 4 is 23.2 Å². The predicted molar refractivity (Wildman–Crippen MR) is 102 cm³/mol. The molecule has 0 atom stereocenters. The minimum atomic E-state index is -0.217. The molecule has 0 aliphatic rings. The molecule has 0 bridgehead atoms. The van der Waals surface area contributed by atoms with Crippen molar-refractivity contribution in [2.24, 2.45) is 0 Å². The Labute approximate surface area is 152 Å². The number of pyridine rings is 1. The highest BCUT2D eigenvalue weighted by atomic mass is 16.2. The zero-order valence-corrected chi connectivity index (χ0v) is 14.4. The summed E-state index contributed by atoms with van der Waals surface area (Å²) in [7, 11) is 0. The first-order valence-electron chi connectivity index (χ1n) is 8.37. The molecule has 1 aromatic heterocycles. The maximum atomic E-state index is 12.8. The summed E-state index contributed by atoms with van der Waals surface area (Å²) in [5.74, 6) is -0.295. The van der Waals surface area contributed by atoms with Gasteiger partial charge in [-0.05, 0) is 55.5 Å². The molecule has 26 heavy (non-hydrogen) atoms. The van der Waals surface area contributed by atoms with Crippen molar-refractivity contribution in [2.45, 2.75) is 6.92 Å². The van der Waals surface area contributed by atoms with Gasteiger partial charge in [0.25, 0.3) is 11.8 Å². The van der Waals surface area contributed by atoms with Crippen molar-refractivity contribution in [1.29, 1.82) is 0 Å². The Kier molecular flexibility index (Phi) is 5.39. The average molecular weight is 345 g/mol. The van der Waals surface area contributed by atoms with E-state index >= 15 is 0 Å². The van der Waals surface area contributed by atoms with E-state index in [0.717, 1.165) is 5.69 Å². The zero-order chi connectivity index (χ0) is 18.4. The number of para-hydroxylation sites is 1. The van der Waals surface area contributed by atoms with E-state index in [2.05, 4.69) is 10.3 Å². The van der Waals surface area contributed by atoms with Crippen molar-refractivity contribution < 1.29 is 9.59 Å². The summed E-state index contributed by atoms with van der Waals surface area (Å²) in [5, 5.41) is 2.81. The lowest BCUT2D eigenvalue weighted by Crippen LogP contribution is -2.30. The number of aromatic nitrogens is 1. The third-order valence-electron chi connectivity index (χ3n) is 3.96. The van der Waals surface area contributed by atoms with E-state index in [-0.39, 0.29) is 11.8 Å². The van der Waals surface area contributed by atoms with Gasteiger partial charge in [-0.15, -0.1) is 0 Å². The molecule has 0 unspecified atom stereocenters. The fourth-order valence-electron chi connectivity index (χ4n) is 2.61. The maximum Gasteiger partial charge on any atom is 0.258 e. The van der Waals surface area contributed by atoms with Gasteiger partial charge in [0, 0.05) is 41.4 Å². The van der Waals surface area contributed by atoms with Gasteiger partial charge in [-0.3, -0.25) is 14.6 Å². The molecule has 2 amide bonds. The summed E-state index contributed by atoms with van der Waals surface area (Å²) in [4.78, 5) is 30.5. The first kappa shape index (κ1) is 17.4. The van der Waals surface area contributed by atoms with Crippen LogP contribution < -0.4 is 10.2 Å². The Morgan fingerprint density at radius 2 is 1.54 bits per heavy atom. The molecule has 0 saturated carbocycles. The average Bonchev–Trinajstić information content (AvgIpc) is 2.70. The third kappa shape index (κ3) is 3.95. The van der Waals surface area contributed by atoms with E-state index in [0.29, 0.717) is 23.4 Å². The molecule has 5 heteroatoms. The summed E-state index contributed by atoms with van der Waals surface area (Å²) in [6.45, 7) is 2.51. The number of anilines is 2. The number of hydrogen-bond acceptors (Lipinski definition) is 3. The SMILES string of the molecule is CCN(C(=O)c1ccc(NC(=O)c2ccncc2)cc1)c1ccccc1. The molecular weight excluding hydrogens is 326 g/mol. The molecular formula is C21H19N3O2. The van der Waals surface area contributed by atoms with Gasteiger partial charge >= 0.3 is 0 Å². The first-order valence-corrected chi connectivity index (χ1v) is 8.37. The minimum Gasteiger partial charge on any atom is -0.322 e. The number of rotatable bonds is 5. The van der Waals surface area contributed by atoms with E-state index in [9.17, 15) is 9.59 Å². The lowest BCUT2D eigenvalue weighted by Gasteiger charge is -2.21. The highest BCUT2D eigenvalue weighted by Gasteiger charge is 2.16. The number of carbonyl (C=O) groups excluding carboxylic acids is 2. The van der Waals surface area contributed by atoms with E-state index in [1.54, 1.807) is 53.7 Å². The molecule has 130 valence electrons. The molecule has 3 aromatic rings. The number of carbonyl (C=O) groups is 2. The molecule has 0 fully saturated rings. The van der Waals surface area contributed by atoms with Gasteiger partial charge in [-0.25, -0.2) is 0 Å². The molecule has 3 rings (SSSR count). The summed E-state index contributed by atoms with van der Waals surface area (Å²) < 4.78 is 0. The monoisotopic (exact) mass is 345 g/mol. The van der Waals surface area contributed by atoms with Crippen LogP contribution in [0.2, 0.25) is 0 Å². The second-order valence-electron chi connectivity index (χ2n) is 5.65. The van der Waals surface area contributed by atoms with Crippen LogP contribution in [0.1, 0.15) is 27.6 Å². The van der Waals surface area contributed by atoms with Crippen LogP contribution in [0.25, 0.3) is 0 Å². The second kappa shape index (κ2) is 8.07. The molecule has 0 radical (unpaired) electrons. The number of hydrogen-bond donors (Lipinski definition) is 1. The van der Waals surface area contributed by atoms with E-state index < -0.39 is 0 Å². The van der Waals surface area contributed by atoms with Crippen LogP contribution in [0.4, 0.5) is 11.4 Å². The van der Waals surface area contributed by atoms with E-state index in [1.165, 1.54) is 0 Å². The topological polar surface area (TPSA) is 62.3 Å². The van der Waals surface area contributed by atoms with Crippen molar-refractivity contribution in [3.05, 3.63) is 90.3 Å². The number of nitrogens with one attached hydrogen (secondary N) is 1. The van der Waals surface area contributed by atoms with Crippen LogP contribution in [0.5, 0.6) is 0 Å². The second-order valence-corrected chi connectivity index (χ2v) is 5.65. The summed E-state index contributed by atoms with van der Waals surface area (Å²) in [6.07, 6.45) is 3.14. The van der Waals surface area contributed by atoms with E-state index in [4.69, 9.17) is 0 Å². The number of nitrogens with zero attached hydrogens (tertiary/aromatic N) is 2. The number of benzene rings is 2. The largest absolute Gasteiger partial charge is 0.322 e. The Morgan fingerprint density at radius 3 is 2.15 bits per heavy atom. The van der Waals surface area contributed by atoms with Crippen molar-refractivity contribution in [3.8, 4) is 0 Å². The zero-order valence-electron chi connectivity index (χ0n) is 14.4. The highest BCUT2D eigenvalue weighted by Crippen LogP contribution is 2.18. The molecule has 5 nitrogen and oxygen atoms in total. The van der Waals surface area contributed by atoms with Gasteiger partial charge in [-0.1, -0.05) is 18.2 Å². The van der Waals surface area contributed by atoms with Crippen LogP contribution in [-0.4, -0.2) is 23.3 Å². The Bertz CT molecular complexity index is 878. The smallest absolute Gasteiger partial charge is 0.258 e. The van der Waals surface area contributed by atoms with Crippen LogP contribution in [0.15, 0.2) is 79.1 Å². The summed E-state index contributed by atoms with van der Waals surface area (Å²) >= 11 is 0. The van der Waals surface area contributed by atoms with Crippen LogP contribution in [-0.2, 0) is 0 Å². The van der Waals surface area contributed by atoms with Gasteiger partial charge in [0.15, 0.2) is 0 Å². The fraction of sp³-hybridized carbons (Fsp3) is 0.0952. The molecule has 0 spiro atoms. The predicted octanol–water partition coefficient (Wildman–Crippen LogP) is 4.00. The molecule has 2 aromatic carbocycles. The standard InChI is InChI=1S/C21H19N3O2/c1-2-24(19-6-4-3-5-7-19)21(26)17-8-10-18(11-9-17)23-20(25)16-12-14-22-15-13-16/h3-15H,2H2,1H3,(H,23,25). The van der Waals surface area contributed by atoms with Crippen LogP contribution in [0.3, 0.4) is 0 Å². The maximum absolute atomic E-state index is 12.8. The van der Waals surface area contributed by atoms with Gasteiger partial charge in [-0.2, -0.15) is 0 Å². The van der Waals surface area contributed by atoms with Crippen molar-refractivity contribution in [2.75, 3.05) is 16.8 Å². The van der Waals surface area contributed by atoms with Gasteiger partial charge in [0.1, 0.15) is 0 Å². The third-order valence-corrected chi connectivity index (χ3v) is 3.96. The summed E-state index contributed by atoms with van der Waals surface area (Å²) in [5.41, 5.74) is 2.58. The van der Waals surface area contributed by atoms with Gasteiger partial charge < -0.3 is 10.2 Å². The quantitative estimate of drug-likeness (QED) is 0.760. The summed E-state index contributed by atoms with van der Waals surface area (Å²) in [6, 6.07) is 19.7. The Morgan fingerprint density at radius 1 is 0.885 bits per heavy atom. The number of amides is 2. The first-order chi connectivity index (χ1) is 12.7. The van der Waals surface area contributed by atoms with Gasteiger partial charge in [0.2, 0.25) is 0 Å². The lowest BCUT2D eigenvalue weighted by molar-refractivity contribution is 0.0987. The molecule has 1 N–H and O–H groups in total. The molecule has 1 heterocycles. The molecule has 0 aliphatic heterocycles. The van der Waals surface area contributed by atoms with Gasteiger partial charge in [0.05, 0.1) is 0 Å². The van der Waals surface area contributed by atoms with Crippen molar-refractivity contribution in [1.82, 2.24) is 4.98 Å². The van der Waals surface area contributed by atoms with E-state index in [1.807, 2.05) is 37.3 Å². The van der Waals surface area contributed by atoms with Crippen LogP contribution in [0, 0.1) is 0 Å². The Hall–Kier alpha value is -3.47. The Balaban J connectivity index is 1.72.